The fourth-order valence-electron chi connectivity index (χ4n) is 9.06. The molecule has 0 radical (unpaired) electrons. The molecule has 9 aromatic rings. The van der Waals surface area contributed by atoms with Crippen molar-refractivity contribution in [3.05, 3.63) is 193 Å². The first-order valence-corrected chi connectivity index (χ1v) is 19.7. The van der Waals surface area contributed by atoms with Gasteiger partial charge in [0.2, 0.25) is 0 Å². The Morgan fingerprint density at radius 2 is 0.759 bits per heavy atom. The number of benzene rings is 8. The summed E-state index contributed by atoms with van der Waals surface area (Å²) in [6.45, 7) is 0.0515. The summed E-state index contributed by atoms with van der Waals surface area (Å²) < 4.78 is 13.3. The van der Waals surface area contributed by atoms with Crippen LogP contribution in [0.15, 0.2) is 182 Å². The summed E-state index contributed by atoms with van der Waals surface area (Å²) >= 11 is 0. The van der Waals surface area contributed by atoms with E-state index in [1.54, 1.807) is 0 Å². The van der Waals surface area contributed by atoms with Crippen molar-refractivity contribution >= 4 is 23.1 Å². The molecule has 8 aromatic carbocycles. The second kappa shape index (κ2) is 13.0. The minimum Gasteiger partial charge on any atom is -0.458 e. The molecule has 0 amide bonds. The summed E-state index contributed by atoms with van der Waals surface area (Å²) in [5, 5.41) is 0. The third kappa shape index (κ3) is 5.22. The van der Waals surface area contributed by atoms with Crippen LogP contribution < -0.4 is 25.9 Å². The van der Waals surface area contributed by atoms with Gasteiger partial charge in [0.15, 0.2) is 17.5 Å². The summed E-state index contributed by atoms with van der Waals surface area (Å²) in [4.78, 5) is 14.8. The Labute approximate surface area is 336 Å². The second-order valence-electron chi connectivity index (χ2n) is 15.1. The van der Waals surface area contributed by atoms with Crippen LogP contribution in [0.4, 0.5) is 0 Å². The van der Waals surface area contributed by atoms with Crippen molar-refractivity contribution in [2.24, 2.45) is 0 Å². The third-order valence-electron chi connectivity index (χ3n) is 11.8. The average molecular weight is 742 g/mol. The van der Waals surface area contributed by atoms with Crippen LogP contribution in [0.3, 0.4) is 0 Å². The quantitative estimate of drug-likeness (QED) is 0.164. The van der Waals surface area contributed by atoms with E-state index in [0.29, 0.717) is 17.5 Å². The van der Waals surface area contributed by atoms with Crippen molar-refractivity contribution in [3.8, 4) is 90.5 Å². The van der Waals surface area contributed by atoms with Gasteiger partial charge in [-0.2, -0.15) is 0 Å². The van der Waals surface area contributed by atoms with Gasteiger partial charge in [-0.05, 0) is 86.1 Å². The molecular formula is C52H32BN3O2. The van der Waals surface area contributed by atoms with Gasteiger partial charge in [0, 0.05) is 22.2 Å². The van der Waals surface area contributed by atoms with E-state index in [4.69, 9.17) is 24.4 Å². The maximum Gasteiger partial charge on any atom is 0.260 e. The van der Waals surface area contributed by atoms with Crippen LogP contribution in [-0.4, -0.2) is 21.7 Å². The number of hydrogen-bond donors (Lipinski definition) is 0. The van der Waals surface area contributed by atoms with E-state index >= 15 is 0 Å². The van der Waals surface area contributed by atoms with Gasteiger partial charge >= 0.3 is 0 Å². The van der Waals surface area contributed by atoms with E-state index < -0.39 is 0 Å². The van der Waals surface area contributed by atoms with Gasteiger partial charge in [-0.3, -0.25) is 0 Å². The van der Waals surface area contributed by atoms with Crippen LogP contribution in [0.2, 0.25) is 0 Å². The molecular weight excluding hydrogens is 709 g/mol. The van der Waals surface area contributed by atoms with Crippen molar-refractivity contribution in [2.45, 2.75) is 6.42 Å². The molecule has 0 saturated carbocycles. The molecule has 3 aliphatic rings. The Morgan fingerprint density at radius 3 is 1.28 bits per heavy atom. The molecule has 1 aromatic heterocycles. The highest BCUT2D eigenvalue weighted by molar-refractivity contribution is 6.98. The zero-order valence-electron chi connectivity index (χ0n) is 31.3. The third-order valence-corrected chi connectivity index (χ3v) is 11.8. The number of rotatable bonds is 5. The van der Waals surface area contributed by atoms with Gasteiger partial charge in [0.25, 0.3) is 6.71 Å². The topological polar surface area (TPSA) is 57.1 Å². The minimum absolute atomic E-state index is 0.0515. The van der Waals surface area contributed by atoms with E-state index in [9.17, 15) is 0 Å². The molecule has 0 unspecified atom stereocenters. The van der Waals surface area contributed by atoms with E-state index in [1.165, 1.54) is 44.3 Å². The van der Waals surface area contributed by atoms with Gasteiger partial charge in [0.1, 0.15) is 23.0 Å². The zero-order valence-corrected chi connectivity index (χ0v) is 31.3. The minimum atomic E-state index is 0.0515. The molecule has 1 aliphatic carbocycles. The first-order chi connectivity index (χ1) is 28.7. The molecule has 270 valence electrons. The smallest absolute Gasteiger partial charge is 0.260 e. The highest BCUT2D eigenvalue weighted by atomic mass is 16.5. The van der Waals surface area contributed by atoms with Crippen LogP contribution in [0.5, 0.6) is 23.0 Å². The van der Waals surface area contributed by atoms with Crippen molar-refractivity contribution in [3.63, 3.8) is 0 Å². The molecule has 6 heteroatoms. The Balaban J connectivity index is 0.910. The zero-order chi connectivity index (χ0) is 38.2. The van der Waals surface area contributed by atoms with Crippen LogP contribution in [0, 0.1) is 0 Å². The predicted molar refractivity (Wildman–Crippen MR) is 233 cm³/mol. The van der Waals surface area contributed by atoms with E-state index in [-0.39, 0.29) is 6.71 Å². The maximum absolute atomic E-state index is 6.67. The Hall–Kier alpha value is -7.57. The number of fused-ring (bicyclic) bond motifs is 7. The molecule has 0 atom stereocenters. The number of nitrogens with zero attached hydrogens (tertiary/aromatic N) is 3. The van der Waals surface area contributed by atoms with Crippen LogP contribution in [-0.2, 0) is 6.42 Å². The van der Waals surface area contributed by atoms with Crippen LogP contribution in [0.25, 0.3) is 67.5 Å². The molecule has 0 N–H and O–H groups in total. The first kappa shape index (κ1) is 32.7. The summed E-state index contributed by atoms with van der Waals surface area (Å²) in [5.41, 5.74) is 16.1. The lowest BCUT2D eigenvalue weighted by atomic mass is 9.35. The number of ether oxygens (including phenoxy) is 2. The van der Waals surface area contributed by atoms with Crippen LogP contribution >= 0.6 is 0 Å². The van der Waals surface area contributed by atoms with Crippen molar-refractivity contribution < 1.29 is 9.47 Å². The van der Waals surface area contributed by atoms with Crippen molar-refractivity contribution in [1.82, 2.24) is 15.0 Å². The normalized spacial score (nSPS) is 12.7. The van der Waals surface area contributed by atoms with Gasteiger partial charge in [-0.15, -0.1) is 0 Å². The molecule has 5 nitrogen and oxygen atoms in total. The van der Waals surface area contributed by atoms with Gasteiger partial charge < -0.3 is 9.47 Å². The van der Waals surface area contributed by atoms with Crippen LogP contribution in [0.1, 0.15) is 11.1 Å². The number of aromatic nitrogens is 3. The second-order valence-corrected chi connectivity index (χ2v) is 15.1. The average Bonchev–Trinajstić information content (AvgIpc) is 3.69. The summed E-state index contributed by atoms with van der Waals surface area (Å²) in [5.74, 6) is 5.44. The molecule has 0 spiro atoms. The maximum atomic E-state index is 6.67. The van der Waals surface area contributed by atoms with Gasteiger partial charge in [-0.25, -0.2) is 15.0 Å². The Kier molecular flexibility index (Phi) is 7.32. The standard InChI is InChI=1S/C52H32BN3O2/c1-3-13-33(14-4-1)50-54-51(34-15-5-2-6-16-34)56-52(55-50)35-27-25-32(26-28-35)37-17-11-19-39-40-20-12-18-38(42(40)31-41(37)39)36-29-47-49-48(30-36)58-46-24-10-8-22-44(46)53(49)43-21-7-9-23-45(43)57-47/h1-30H,31H2. The molecule has 0 bridgehead atoms. The number of para-hydroxylation sites is 2. The highest BCUT2D eigenvalue weighted by Gasteiger charge is 2.40. The Morgan fingerprint density at radius 1 is 0.345 bits per heavy atom. The summed E-state index contributed by atoms with van der Waals surface area (Å²) in [6.07, 6.45) is 0.815. The molecule has 0 fully saturated rings. The summed E-state index contributed by atoms with van der Waals surface area (Å²) in [7, 11) is 0. The fourth-order valence-corrected chi connectivity index (χ4v) is 9.06. The monoisotopic (exact) mass is 741 g/mol. The molecule has 2 aliphatic heterocycles. The molecule has 12 rings (SSSR count). The van der Waals surface area contributed by atoms with Crippen molar-refractivity contribution in [2.75, 3.05) is 0 Å². The highest BCUT2D eigenvalue weighted by Crippen LogP contribution is 2.47. The number of hydrogen-bond acceptors (Lipinski definition) is 5. The fraction of sp³-hybridized carbons (Fsp3) is 0.0192. The van der Waals surface area contributed by atoms with E-state index in [0.717, 1.165) is 62.7 Å². The van der Waals surface area contributed by atoms with E-state index in [1.807, 2.05) is 72.8 Å². The molecule has 0 saturated heterocycles. The van der Waals surface area contributed by atoms with Gasteiger partial charge in [0.05, 0.1) is 0 Å². The lowest BCUT2D eigenvalue weighted by Gasteiger charge is -2.33. The lowest BCUT2D eigenvalue weighted by Crippen LogP contribution is -2.57. The lowest BCUT2D eigenvalue weighted by molar-refractivity contribution is 0.465. The SMILES string of the molecule is c1ccc(-c2nc(-c3ccccc3)nc(-c3ccc(-c4cccc5c4Cc4c(-c6cc7c8c(c6)Oc6ccccc6B8c6ccccc6O7)cccc4-5)cc3)n2)cc1. The predicted octanol–water partition coefficient (Wildman–Crippen LogP) is 10.5. The molecule has 3 heterocycles. The van der Waals surface area contributed by atoms with Crippen molar-refractivity contribution in [1.29, 1.82) is 0 Å². The molecule has 58 heavy (non-hydrogen) atoms. The first-order valence-electron chi connectivity index (χ1n) is 19.7. The Bertz CT molecular complexity index is 2970. The summed E-state index contributed by atoms with van der Waals surface area (Å²) in [6, 6.07) is 63.3. The van der Waals surface area contributed by atoms with E-state index in [2.05, 4.69) is 109 Å². The largest absolute Gasteiger partial charge is 0.458 e. The van der Waals surface area contributed by atoms with Gasteiger partial charge in [-0.1, -0.05) is 158 Å².